The van der Waals surface area contributed by atoms with Crippen LogP contribution in [0, 0.1) is 0 Å². The first-order valence-corrected chi connectivity index (χ1v) is 7.73. The van der Waals surface area contributed by atoms with Crippen LogP contribution in [0.2, 0.25) is 5.28 Å². The minimum absolute atomic E-state index is 0.251. The Kier molecular flexibility index (Phi) is 3.48. The topological polar surface area (TPSA) is 68.1 Å². The molecule has 2 aliphatic rings. The van der Waals surface area contributed by atoms with Gasteiger partial charge in [0.25, 0.3) is 0 Å². The van der Waals surface area contributed by atoms with Gasteiger partial charge in [-0.3, -0.25) is 0 Å². The summed E-state index contributed by atoms with van der Waals surface area (Å²) in [4.78, 5) is 15.7. The second kappa shape index (κ2) is 5.49. The van der Waals surface area contributed by atoms with Crippen LogP contribution >= 0.6 is 11.6 Å². The van der Waals surface area contributed by atoms with Crippen LogP contribution in [0.25, 0.3) is 17.2 Å². The van der Waals surface area contributed by atoms with E-state index in [0.29, 0.717) is 13.2 Å². The maximum Gasteiger partial charge on any atom is 0.226 e. The van der Waals surface area contributed by atoms with E-state index in [1.165, 1.54) is 5.57 Å². The Labute approximate surface area is 133 Å². The molecule has 0 unspecified atom stereocenters. The second-order valence-corrected chi connectivity index (χ2v) is 5.86. The van der Waals surface area contributed by atoms with Crippen molar-refractivity contribution in [2.24, 2.45) is 7.05 Å². The van der Waals surface area contributed by atoms with Crippen molar-refractivity contribution in [3.63, 3.8) is 0 Å². The average Bonchev–Trinajstić information content (AvgIpc) is 2.80. The SMILES string of the molecule is Cn1c(C=C2CNC2)nc2c(N3CCOCC3)nc(Cl)nc21. The molecule has 2 saturated heterocycles. The zero-order valence-corrected chi connectivity index (χ0v) is 13.1. The van der Waals surface area contributed by atoms with Crippen LogP contribution in [0.1, 0.15) is 5.82 Å². The summed E-state index contributed by atoms with van der Waals surface area (Å²) in [6, 6.07) is 0. The molecule has 1 N–H and O–H groups in total. The van der Waals surface area contributed by atoms with Crippen molar-refractivity contribution >= 4 is 34.7 Å². The number of imidazole rings is 1. The minimum atomic E-state index is 0.251. The molecule has 0 radical (unpaired) electrons. The molecule has 0 aliphatic carbocycles. The Hall–Kier alpha value is -1.70. The Bertz CT molecular complexity index is 743. The van der Waals surface area contributed by atoms with Crippen molar-refractivity contribution in [2.45, 2.75) is 0 Å². The Morgan fingerprint density at radius 3 is 2.64 bits per heavy atom. The first-order chi connectivity index (χ1) is 10.7. The van der Waals surface area contributed by atoms with Crippen molar-refractivity contribution < 1.29 is 4.74 Å². The molecular weight excluding hydrogens is 304 g/mol. The zero-order chi connectivity index (χ0) is 15.1. The van der Waals surface area contributed by atoms with Gasteiger partial charge in [-0.1, -0.05) is 0 Å². The lowest BCUT2D eigenvalue weighted by Crippen LogP contribution is -2.37. The van der Waals surface area contributed by atoms with Gasteiger partial charge >= 0.3 is 0 Å². The number of rotatable bonds is 2. The normalized spacial score (nSPS) is 18.6. The van der Waals surface area contributed by atoms with E-state index in [4.69, 9.17) is 21.3 Å². The molecule has 7 nitrogen and oxygen atoms in total. The van der Waals surface area contributed by atoms with E-state index in [9.17, 15) is 0 Å². The fourth-order valence-electron chi connectivity index (χ4n) is 2.72. The average molecular weight is 321 g/mol. The number of nitrogens with one attached hydrogen (secondary N) is 1. The molecule has 0 atom stereocenters. The number of halogens is 1. The molecule has 0 aromatic carbocycles. The highest BCUT2D eigenvalue weighted by Gasteiger charge is 2.21. The number of anilines is 1. The summed E-state index contributed by atoms with van der Waals surface area (Å²) >= 11 is 6.12. The molecule has 0 amide bonds. The standard InChI is InChI=1S/C14H17ClN6O/c1-20-10(6-9-7-16-8-9)17-11-12(20)18-14(15)19-13(11)21-2-4-22-5-3-21/h6,16H,2-5,7-8H2,1H3. The quantitative estimate of drug-likeness (QED) is 0.827. The number of morpholine rings is 1. The molecule has 4 heterocycles. The highest BCUT2D eigenvalue weighted by molar-refractivity contribution is 6.28. The van der Waals surface area contributed by atoms with Gasteiger partial charge in [0, 0.05) is 33.2 Å². The molecule has 0 saturated carbocycles. The van der Waals surface area contributed by atoms with Crippen LogP contribution < -0.4 is 10.2 Å². The first-order valence-electron chi connectivity index (χ1n) is 7.35. The number of aromatic nitrogens is 4. The summed E-state index contributed by atoms with van der Waals surface area (Å²) in [5.41, 5.74) is 2.90. The van der Waals surface area contributed by atoms with Gasteiger partial charge in [-0.05, 0) is 23.3 Å². The van der Waals surface area contributed by atoms with Gasteiger partial charge in [0.05, 0.1) is 13.2 Å². The lowest BCUT2D eigenvalue weighted by Gasteiger charge is -2.27. The summed E-state index contributed by atoms with van der Waals surface area (Å²) in [5, 5.41) is 3.48. The van der Waals surface area contributed by atoms with E-state index in [2.05, 4.69) is 26.3 Å². The molecule has 0 bridgehead atoms. The molecule has 2 aromatic rings. The largest absolute Gasteiger partial charge is 0.378 e. The van der Waals surface area contributed by atoms with Gasteiger partial charge in [0.2, 0.25) is 5.28 Å². The maximum absolute atomic E-state index is 6.12. The number of nitrogens with zero attached hydrogens (tertiary/aromatic N) is 5. The van der Waals surface area contributed by atoms with Crippen molar-refractivity contribution in [2.75, 3.05) is 44.3 Å². The molecule has 2 aliphatic heterocycles. The van der Waals surface area contributed by atoms with Gasteiger partial charge in [-0.2, -0.15) is 9.97 Å². The van der Waals surface area contributed by atoms with Gasteiger partial charge in [-0.15, -0.1) is 0 Å². The number of ether oxygens (including phenoxy) is 1. The van der Waals surface area contributed by atoms with Crippen LogP contribution in [0.15, 0.2) is 5.57 Å². The van der Waals surface area contributed by atoms with Gasteiger partial charge in [0.15, 0.2) is 17.0 Å². The van der Waals surface area contributed by atoms with E-state index >= 15 is 0 Å². The highest BCUT2D eigenvalue weighted by Crippen LogP contribution is 2.26. The number of hydrogen-bond acceptors (Lipinski definition) is 6. The van der Waals surface area contributed by atoms with E-state index in [1.807, 2.05) is 11.6 Å². The van der Waals surface area contributed by atoms with E-state index in [0.717, 1.165) is 49.0 Å². The fraction of sp³-hybridized carbons (Fsp3) is 0.500. The van der Waals surface area contributed by atoms with Crippen molar-refractivity contribution in [1.29, 1.82) is 0 Å². The summed E-state index contributed by atoms with van der Waals surface area (Å²) in [6.45, 7) is 4.81. The lowest BCUT2D eigenvalue weighted by molar-refractivity contribution is 0.122. The summed E-state index contributed by atoms with van der Waals surface area (Å²) in [6.07, 6.45) is 2.11. The monoisotopic (exact) mass is 320 g/mol. The first kappa shape index (κ1) is 13.9. The maximum atomic E-state index is 6.12. The fourth-order valence-corrected chi connectivity index (χ4v) is 2.88. The third kappa shape index (κ3) is 2.35. The van der Waals surface area contributed by atoms with Crippen molar-refractivity contribution in [3.05, 3.63) is 16.7 Å². The molecule has 0 spiro atoms. The van der Waals surface area contributed by atoms with Crippen LogP contribution in [0.4, 0.5) is 5.82 Å². The summed E-state index contributed by atoms with van der Waals surface area (Å²) < 4.78 is 7.38. The van der Waals surface area contributed by atoms with Crippen LogP contribution in [0.5, 0.6) is 0 Å². The summed E-state index contributed by atoms with van der Waals surface area (Å²) in [5.74, 6) is 1.68. The van der Waals surface area contributed by atoms with Gasteiger partial charge in [0.1, 0.15) is 5.82 Å². The van der Waals surface area contributed by atoms with E-state index in [1.54, 1.807) is 0 Å². The summed E-state index contributed by atoms with van der Waals surface area (Å²) in [7, 11) is 1.96. The lowest BCUT2D eigenvalue weighted by atomic mass is 10.1. The molecule has 22 heavy (non-hydrogen) atoms. The van der Waals surface area contributed by atoms with Crippen LogP contribution in [-0.4, -0.2) is 58.9 Å². The number of aryl methyl sites for hydroxylation is 1. The predicted molar refractivity (Wildman–Crippen MR) is 85.2 cm³/mol. The smallest absolute Gasteiger partial charge is 0.226 e. The molecule has 4 rings (SSSR count). The van der Waals surface area contributed by atoms with Crippen molar-refractivity contribution in [3.8, 4) is 0 Å². The van der Waals surface area contributed by atoms with Gasteiger partial charge < -0.3 is 19.5 Å². The Balaban J connectivity index is 1.83. The third-order valence-electron chi connectivity index (χ3n) is 4.06. The third-order valence-corrected chi connectivity index (χ3v) is 4.22. The molecular formula is C14H17ClN6O. The molecule has 8 heteroatoms. The Morgan fingerprint density at radius 2 is 1.95 bits per heavy atom. The second-order valence-electron chi connectivity index (χ2n) is 5.52. The predicted octanol–water partition coefficient (Wildman–Crippen LogP) is 0.840. The highest BCUT2D eigenvalue weighted by atomic mass is 35.5. The van der Waals surface area contributed by atoms with Gasteiger partial charge in [-0.25, -0.2) is 4.98 Å². The Morgan fingerprint density at radius 1 is 1.18 bits per heavy atom. The van der Waals surface area contributed by atoms with Crippen molar-refractivity contribution in [1.82, 2.24) is 24.8 Å². The van der Waals surface area contributed by atoms with E-state index in [-0.39, 0.29) is 5.28 Å². The number of hydrogen-bond donors (Lipinski definition) is 1. The molecule has 116 valence electrons. The van der Waals surface area contributed by atoms with Crippen LogP contribution in [-0.2, 0) is 11.8 Å². The van der Waals surface area contributed by atoms with E-state index < -0.39 is 0 Å². The number of fused-ring (bicyclic) bond motifs is 1. The molecule has 2 aromatic heterocycles. The molecule has 2 fully saturated rings. The zero-order valence-electron chi connectivity index (χ0n) is 12.3. The minimum Gasteiger partial charge on any atom is -0.378 e. The van der Waals surface area contributed by atoms with Crippen LogP contribution in [0.3, 0.4) is 0 Å².